The van der Waals surface area contributed by atoms with Gasteiger partial charge in [-0.05, 0) is 23.8 Å². The Kier molecular flexibility index (Phi) is 4.05. The SMILES string of the molecule is Nc1cc(Cl)c(OCc2cccc(F)c2)cc1[N+](=O)[O-]. The molecule has 0 aliphatic rings. The van der Waals surface area contributed by atoms with Crippen molar-refractivity contribution in [2.75, 3.05) is 5.73 Å². The lowest BCUT2D eigenvalue weighted by molar-refractivity contribution is -0.384. The number of hydrogen-bond donors (Lipinski definition) is 1. The van der Waals surface area contributed by atoms with E-state index in [1.54, 1.807) is 12.1 Å². The summed E-state index contributed by atoms with van der Waals surface area (Å²) in [7, 11) is 0. The highest BCUT2D eigenvalue weighted by Gasteiger charge is 2.16. The van der Waals surface area contributed by atoms with Crippen LogP contribution in [0.15, 0.2) is 36.4 Å². The van der Waals surface area contributed by atoms with Crippen LogP contribution in [-0.2, 0) is 6.61 Å². The van der Waals surface area contributed by atoms with Gasteiger partial charge in [0.1, 0.15) is 23.9 Å². The summed E-state index contributed by atoms with van der Waals surface area (Å²) >= 11 is 5.90. The van der Waals surface area contributed by atoms with Gasteiger partial charge in [-0.25, -0.2) is 4.39 Å². The van der Waals surface area contributed by atoms with Crippen molar-refractivity contribution in [3.63, 3.8) is 0 Å². The third kappa shape index (κ3) is 3.16. The Hall–Kier alpha value is -2.34. The molecule has 0 aliphatic carbocycles. The van der Waals surface area contributed by atoms with Gasteiger partial charge in [-0.1, -0.05) is 23.7 Å². The number of rotatable bonds is 4. The number of nitrogen functional groups attached to an aromatic ring is 1. The second-order valence-electron chi connectivity index (χ2n) is 4.02. The van der Waals surface area contributed by atoms with Gasteiger partial charge in [0.05, 0.1) is 16.0 Å². The van der Waals surface area contributed by atoms with Gasteiger partial charge in [-0.2, -0.15) is 0 Å². The van der Waals surface area contributed by atoms with Crippen molar-refractivity contribution in [2.45, 2.75) is 6.61 Å². The van der Waals surface area contributed by atoms with Gasteiger partial charge in [0.15, 0.2) is 0 Å². The van der Waals surface area contributed by atoms with E-state index in [4.69, 9.17) is 22.1 Å². The predicted octanol–water partition coefficient (Wildman–Crippen LogP) is 3.55. The molecule has 0 bridgehead atoms. The smallest absolute Gasteiger partial charge is 0.295 e. The van der Waals surface area contributed by atoms with Gasteiger partial charge in [0.2, 0.25) is 0 Å². The molecule has 0 aliphatic heterocycles. The molecule has 0 radical (unpaired) electrons. The summed E-state index contributed by atoms with van der Waals surface area (Å²) in [4.78, 5) is 10.2. The van der Waals surface area contributed by atoms with E-state index in [0.717, 1.165) is 6.07 Å². The van der Waals surface area contributed by atoms with Crippen molar-refractivity contribution < 1.29 is 14.1 Å². The lowest BCUT2D eigenvalue weighted by atomic mass is 10.2. The lowest BCUT2D eigenvalue weighted by Gasteiger charge is -2.09. The average molecular weight is 297 g/mol. The summed E-state index contributed by atoms with van der Waals surface area (Å²) in [5.41, 5.74) is 5.74. The van der Waals surface area contributed by atoms with Crippen LogP contribution in [0.3, 0.4) is 0 Å². The van der Waals surface area contributed by atoms with Crippen LogP contribution in [0, 0.1) is 15.9 Å². The number of nitro groups is 1. The number of nitrogens with two attached hydrogens (primary N) is 1. The Morgan fingerprint density at radius 2 is 2.10 bits per heavy atom. The Morgan fingerprint density at radius 1 is 1.35 bits per heavy atom. The first-order valence-electron chi connectivity index (χ1n) is 5.58. The van der Waals surface area contributed by atoms with Crippen molar-refractivity contribution >= 4 is 23.0 Å². The highest BCUT2D eigenvalue weighted by molar-refractivity contribution is 6.32. The number of ether oxygens (including phenoxy) is 1. The molecule has 2 aromatic carbocycles. The molecule has 104 valence electrons. The largest absolute Gasteiger partial charge is 0.487 e. The van der Waals surface area contributed by atoms with Crippen molar-refractivity contribution in [2.24, 2.45) is 0 Å². The van der Waals surface area contributed by atoms with Crippen LogP contribution >= 0.6 is 11.6 Å². The molecule has 0 spiro atoms. The van der Waals surface area contributed by atoms with Crippen LogP contribution in [0.2, 0.25) is 5.02 Å². The predicted molar refractivity (Wildman–Crippen MR) is 73.3 cm³/mol. The fourth-order valence-electron chi connectivity index (χ4n) is 1.61. The zero-order valence-corrected chi connectivity index (χ0v) is 10.9. The normalized spacial score (nSPS) is 10.3. The molecule has 0 heterocycles. The molecule has 2 rings (SSSR count). The van der Waals surface area contributed by atoms with E-state index >= 15 is 0 Å². The molecule has 0 fully saturated rings. The standard InChI is InChI=1S/C13H10ClFN2O3/c14-10-5-11(16)12(17(18)19)6-13(10)20-7-8-2-1-3-9(15)4-8/h1-6H,7,16H2. The number of nitro benzene ring substituents is 1. The monoisotopic (exact) mass is 296 g/mol. The van der Waals surface area contributed by atoms with E-state index < -0.39 is 4.92 Å². The van der Waals surface area contributed by atoms with Crippen molar-refractivity contribution in [3.8, 4) is 5.75 Å². The minimum atomic E-state index is -0.624. The number of halogens is 2. The van der Waals surface area contributed by atoms with Gasteiger partial charge >= 0.3 is 0 Å². The molecule has 0 saturated carbocycles. The minimum absolute atomic E-state index is 0.0402. The zero-order valence-electron chi connectivity index (χ0n) is 10.2. The quantitative estimate of drug-likeness (QED) is 0.531. The Balaban J connectivity index is 2.21. The van der Waals surface area contributed by atoms with Crippen LogP contribution in [-0.4, -0.2) is 4.92 Å². The molecular weight excluding hydrogens is 287 g/mol. The average Bonchev–Trinajstić information content (AvgIpc) is 2.37. The second-order valence-corrected chi connectivity index (χ2v) is 4.42. The topological polar surface area (TPSA) is 78.4 Å². The summed E-state index contributed by atoms with van der Waals surface area (Å²) < 4.78 is 18.4. The van der Waals surface area contributed by atoms with Crippen molar-refractivity contribution in [1.29, 1.82) is 0 Å². The molecule has 0 aromatic heterocycles. The second kappa shape index (κ2) is 5.75. The minimum Gasteiger partial charge on any atom is -0.487 e. The Morgan fingerprint density at radius 3 is 2.75 bits per heavy atom. The highest BCUT2D eigenvalue weighted by Crippen LogP contribution is 2.34. The molecule has 0 atom stereocenters. The summed E-state index contributed by atoms with van der Waals surface area (Å²) in [5.74, 6) is -0.266. The summed E-state index contributed by atoms with van der Waals surface area (Å²) in [6.45, 7) is 0.0402. The first-order valence-corrected chi connectivity index (χ1v) is 5.96. The Bertz CT molecular complexity index is 664. The number of benzene rings is 2. The van der Waals surface area contributed by atoms with Gasteiger partial charge in [0.25, 0.3) is 5.69 Å². The van der Waals surface area contributed by atoms with Crippen LogP contribution in [0.4, 0.5) is 15.8 Å². The van der Waals surface area contributed by atoms with Crippen molar-refractivity contribution in [3.05, 3.63) is 62.9 Å². The fraction of sp³-hybridized carbons (Fsp3) is 0.0769. The molecule has 0 amide bonds. The van der Waals surface area contributed by atoms with Gasteiger partial charge in [0, 0.05) is 0 Å². The maximum atomic E-state index is 13.0. The highest BCUT2D eigenvalue weighted by atomic mass is 35.5. The summed E-state index contributed by atoms with van der Waals surface area (Å²) in [6, 6.07) is 8.23. The molecule has 5 nitrogen and oxygen atoms in total. The molecule has 20 heavy (non-hydrogen) atoms. The third-order valence-electron chi connectivity index (χ3n) is 2.56. The summed E-state index contributed by atoms with van der Waals surface area (Å²) in [5, 5.41) is 10.9. The number of hydrogen-bond acceptors (Lipinski definition) is 4. The maximum Gasteiger partial charge on any atom is 0.295 e. The Labute approximate surface area is 118 Å². The summed E-state index contributed by atoms with van der Waals surface area (Å²) in [6.07, 6.45) is 0. The van der Waals surface area contributed by atoms with E-state index in [9.17, 15) is 14.5 Å². The van der Waals surface area contributed by atoms with E-state index in [-0.39, 0.29) is 34.6 Å². The first kappa shape index (κ1) is 14.1. The first-order chi connectivity index (χ1) is 9.47. The molecule has 2 N–H and O–H groups in total. The molecule has 0 saturated heterocycles. The van der Waals surface area contributed by atoms with Crippen LogP contribution < -0.4 is 10.5 Å². The maximum absolute atomic E-state index is 13.0. The fourth-order valence-corrected chi connectivity index (χ4v) is 1.84. The third-order valence-corrected chi connectivity index (χ3v) is 2.86. The number of nitrogens with zero attached hydrogens (tertiary/aromatic N) is 1. The van der Waals surface area contributed by atoms with Gasteiger partial charge < -0.3 is 10.5 Å². The molecule has 7 heteroatoms. The van der Waals surface area contributed by atoms with E-state index in [1.165, 1.54) is 18.2 Å². The van der Waals surface area contributed by atoms with Crippen molar-refractivity contribution in [1.82, 2.24) is 0 Å². The van der Waals surface area contributed by atoms with Gasteiger partial charge in [-0.3, -0.25) is 10.1 Å². The van der Waals surface area contributed by atoms with Gasteiger partial charge in [-0.15, -0.1) is 0 Å². The molecular formula is C13H10ClFN2O3. The number of anilines is 1. The van der Waals surface area contributed by atoms with Crippen LogP contribution in [0.5, 0.6) is 5.75 Å². The van der Waals surface area contributed by atoms with Crippen LogP contribution in [0.25, 0.3) is 0 Å². The van der Waals surface area contributed by atoms with Crippen LogP contribution in [0.1, 0.15) is 5.56 Å². The molecule has 2 aromatic rings. The lowest BCUT2D eigenvalue weighted by Crippen LogP contribution is -2.00. The van der Waals surface area contributed by atoms with E-state index in [1.807, 2.05) is 0 Å². The zero-order chi connectivity index (χ0) is 14.7. The van der Waals surface area contributed by atoms with E-state index in [0.29, 0.717) is 5.56 Å². The molecule has 0 unspecified atom stereocenters. The van der Waals surface area contributed by atoms with E-state index in [2.05, 4.69) is 0 Å².